The Bertz CT molecular complexity index is 883. The molecule has 1 saturated heterocycles. The van der Waals surface area contributed by atoms with Gasteiger partial charge in [0.1, 0.15) is 5.75 Å². The van der Waals surface area contributed by atoms with Gasteiger partial charge in [-0.2, -0.15) is 0 Å². The predicted octanol–water partition coefficient (Wildman–Crippen LogP) is 2.96. The van der Waals surface area contributed by atoms with Crippen LogP contribution in [0.4, 0.5) is 4.79 Å². The lowest BCUT2D eigenvalue weighted by Crippen LogP contribution is -2.39. The molecule has 0 bridgehead atoms. The highest BCUT2D eigenvalue weighted by Gasteiger charge is 2.27. The fourth-order valence-electron chi connectivity index (χ4n) is 3.61. The van der Waals surface area contributed by atoms with E-state index in [1.54, 1.807) is 4.90 Å². The summed E-state index contributed by atoms with van der Waals surface area (Å²) in [6.45, 7) is 5.06. The number of hydrogen-bond donors (Lipinski definition) is 0. The highest BCUT2D eigenvalue weighted by Crippen LogP contribution is 2.29. The minimum Gasteiger partial charge on any atom is -0.494 e. The molecule has 7 heteroatoms. The number of aromatic nitrogens is 1. The smallest absolute Gasteiger partial charge is 0.416 e. The van der Waals surface area contributed by atoms with Gasteiger partial charge in [0, 0.05) is 43.1 Å². The molecule has 1 fully saturated rings. The van der Waals surface area contributed by atoms with E-state index in [-0.39, 0.29) is 12.0 Å². The van der Waals surface area contributed by atoms with Gasteiger partial charge in [0.25, 0.3) is 0 Å². The lowest BCUT2D eigenvalue weighted by molar-refractivity contribution is -0.127. The Morgan fingerprint density at radius 3 is 2.81 bits per heavy atom. The van der Waals surface area contributed by atoms with Gasteiger partial charge in [-0.1, -0.05) is 0 Å². The SMILES string of the molecule is CCOc1ccc2cc3c(nc2c1)OC(=O)N(CCCN1CCCC1=O)C3. The number of rotatable bonds is 6. The zero-order valence-corrected chi connectivity index (χ0v) is 15.4. The van der Waals surface area contributed by atoms with Gasteiger partial charge in [-0.3, -0.25) is 4.79 Å². The molecule has 2 aliphatic heterocycles. The minimum atomic E-state index is -0.386. The molecule has 2 aliphatic rings. The molecule has 3 heterocycles. The summed E-state index contributed by atoms with van der Waals surface area (Å²) >= 11 is 0. The summed E-state index contributed by atoms with van der Waals surface area (Å²) in [4.78, 5) is 32.0. The molecule has 0 saturated carbocycles. The molecule has 0 atom stereocenters. The summed E-state index contributed by atoms with van der Waals surface area (Å²) < 4.78 is 11.0. The molecule has 0 aliphatic carbocycles. The van der Waals surface area contributed by atoms with Crippen LogP contribution < -0.4 is 9.47 Å². The zero-order chi connectivity index (χ0) is 18.8. The summed E-state index contributed by atoms with van der Waals surface area (Å²) in [5.41, 5.74) is 1.64. The number of nitrogens with zero attached hydrogens (tertiary/aromatic N) is 3. The largest absolute Gasteiger partial charge is 0.494 e. The minimum absolute atomic E-state index is 0.212. The van der Waals surface area contributed by atoms with E-state index in [9.17, 15) is 9.59 Å². The van der Waals surface area contributed by atoms with E-state index in [2.05, 4.69) is 4.98 Å². The quantitative estimate of drug-likeness (QED) is 0.783. The molecule has 7 nitrogen and oxygen atoms in total. The summed E-state index contributed by atoms with van der Waals surface area (Å²) in [5, 5.41) is 0.984. The molecule has 0 N–H and O–H groups in total. The number of benzene rings is 1. The molecular formula is C20H23N3O4. The Labute approximate surface area is 157 Å². The summed E-state index contributed by atoms with van der Waals surface area (Å²) in [7, 11) is 0. The van der Waals surface area contributed by atoms with Gasteiger partial charge in [0.2, 0.25) is 11.8 Å². The van der Waals surface area contributed by atoms with E-state index >= 15 is 0 Å². The second-order valence-corrected chi connectivity index (χ2v) is 6.87. The van der Waals surface area contributed by atoms with E-state index in [4.69, 9.17) is 9.47 Å². The number of carbonyl (C=O) groups excluding carboxylic acids is 2. The van der Waals surface area contributed by atoms with Crippen LogP contribution in [0.5, 0.6) is 11.6 Å². The first-order valence-corrected chi connectivity index (χ1v) is 9.45. The molecule has 27 heavy (non-hydrogen) atoms. The van der Waals surface area contributed by atoms with Gasteiger partial charge in [-0.15, -0.1) is 0 Å². The monoisotopic (exact) mass is 369 g/mol. The fraction of sp³-hybridized carbons (Fsp3) is 0.450. The lowest BCUT2D eigenvalue weighted by Gasteiger charge is -2.28. The second-order valence-electron chi connectivity index (χ2n) is 6.87. The van der Waals surface area contributed by atoms with E-state index in [0.29, 0.717) is 38.5 Å². The highest BCUT2D eigenvalue weighted by atomic mass is 16.6. The van der Waals surface area contributed by atoms with Crippen molar-refractivity contribution in [3.8, 4) is 11.6 Å². The summed E-state index contributed by atoms with van der Waals surface area (Å²) in [6.07, 6.45) is 1.93. The molecular weight excluding hydrogens is 346 g/mol. The topological polar surface area (TPSA) is 72.0 Å². The van der Waals surface area contributed by atoms with Crippen LogP contribution >= 0.6 is 0 Å². The Kier molecular flexibility index (Phi) is 4.83. The average Bonchev–Trinajstić information content (AvgIpc) is 3.06. The van der Waals surface area contributed by atoms with Crippen LogP contribution in [0.2, 0.25) is 0 Å². The van der Waals surface area contributed by atoms with Gasteiger partial charge in [0.05, 0.1) is 18.7 Å². The van der Waals surface area contributed by atoms with Crippen molar-refractivity contribution in [1.29, 1.82) is 0 Å². The Morgan fingerprint density at radius 1 is 1.19 bits per heavy atom. The third-order valence-corrected chi connectivity index (χ3v) is 4.97. The van der Waals surface area contributed by atoms with Gasteiger partial charge >= 0.3 is 6.09 Å². The van der Waals surface area contributed by atoms with Gasteiger partial charge in [-0.05, 0) is 38.0 Å². The van der Waals surface area contributed by atoms with E-state index in [1.807, 2.05) is 36.1 Å². The van der Waals surface area contributed by atoms with Gasteiger partial charge < -0.3 is 19.3 Å². The van der Waals surface area contributed by atoms with Crippen molar-refractivity contribution < 1.29 is 19.1 Å². The molecule has 1 aromatic heterocycles. The van der Waals surface area contributed by atoms with Crippen molar-refractivity contribution in [3.05, 3.63) is 29.8 Å². The van der Waals surface area contributed by atoms with E-state index in [0.717, 1.165) is 41.6 Å². The third kappa shape index (κ3) is 3.67. The fourth-order valence-corrected chi connectivity index (χ4v) is 3.61. The first-order chi connectivity index (χ1) is 13.1. The average molecular weight is 369 g/mol. The van der Waals surface area contributed by atoms with Crippen LogP contribution in [0.15, 0.2) is 24.3 Å². The number of carbonyl (C=O) groups is 2. The van der Waals surface area contributed by atoms with E-state index < -0.39 is 0 Å². The third-order valence-electron chi connectivity index (χ3n) is 4.97. The normalized spacial score (nSPS) is 16.6. The zero-order valence-electron chi connectivity index (χ0n) is 15.4. The number of likely N-dealkylation sites (tertiary alicyclic amines) is 1. The standard InChI is InChI=1S/C20H23N3O4/c1-2-26-16-7-6-14-11-15-13-23(10-4-9-22-8-3-5-18(22)24)20(25)27-19(15)21-17(14)12-16/h6-7,11-12H,2-5,8-10,13H2,1H3. The second kappa shape index (κ2) is 7.42. The van der Waals surface area contributed by atoms with Gasteiger partial charge in [-0.25, -0.2) is 9.78 Å². The number of ether oxygens (including phenoxy) is 2. The Hall–Kier alpha value is -2.83. The molecule has 0 radical (unpaired) electrons. The number of amides is 2. The van der Waals surface area contributed by atoms with Crippen molar-refractivity contribution in [2.75, 3.05) is 26.2 Å². The molecule has 142 valence electrons. The van der Waals surface area contributed by atoms with Crippen LogP contribution in [0, 0.1) is 0 Å². The van der Waals surface area contributed by atoms with Crippen molar-refractivity contribution in [1.82, 2.24) is 14.8 Å². The van der Waals surface area contributed by atoms with E-state index in [1.165, 1.54) is 0 Å². The lowest BCUT2D eigenvalue weighted by atomic mass is 10.1. The summed E-state index contributed by atoms with van der Waals surface area (Å²) in [6, 6.07) is 7.75. The van der Waals surface area contributed by atoms with Crippen LogP contribution in [0.1, 0.15) is 31.7 Å². The number of hydrogen-bond acceptors (Lipinski definition) is 5. The van der Waals surface area contributed by atoms with Crippen molar-refractivity contribution in [3.63, 3.8) is 0 Å². The van der Waals surface area contributed by atoms with Crippen LogP contribution in [0.3, 0.4) is 0 Å². The van der Waals surface area contributed by atoms with Crippen LogP contribution in [0.25, 0.3) is 10.9 Å². The first kappa shape index (κ1) is 17.6. The molecule has 1 aromatic carbocycles. The Morgan fingerprint density at radius 2 is 2.04 bits per heavy atom. The molecule has 2 amide bonds. The van der Waals surface area contributed by atoms with Crippen molar-refractivity contribution in [2.24, 2.45) is 0 Å². The molecule has 0 spiro atoms. The molecule has 4 rings (SSSR count). The Balaban J connectivity index is 1.45. The number of fused-ring (bicyclic) bond motifs is 2. The maximum absolute atomic E-state index is 12.3. The molecule has 2 aromatic rings. The first-order valence-electron chi connectivity index (χ1n) is 9.45. The van der Waals surface area contributed by atoms with Crippen LogP contribution in [-0.2, 0) is 11.3 Å². The summed E-state index contributed by atoms with van der Waals surface area (Å²) in [5.74, 6) is 1.33. The van der Waals surface area contributed by atoms with Crippen LogP contribution in [-0.4, -0.2) is 53.0 Å². The predicted molar refractivity (Wildman–Crippen MR) is 99.8 cm³/mol. The maximum Gasteiger partial charge on any atom is 0.416 e. The van der Waals surface area contributed by atoms with Crippen molar-refractivity contribution in [2.45, 2.75) is 32.7 Å². The highest BCUT2D eigenvalue weighted by molar-refractivity contribution is 5.83. The maximum atomic E-state index is 12.3. The van der Waals surface area contributed by atoms with Crippen molar-refractivity contribution >= 4 is 22.9 Å². The van der Waals surface area contributed by atoms with Gasteiger partial charge in [0.15, 0.2) is 0 Å². The number of pyridine rings is 1. The molecule has 0 unspecified atom stereocenters.